The normalized spacial score (nSPS) is 16.9. The van der Waals surface area contributed by atoms with Crippen LogP contribution in [0.25, 0.3) is 10.8 Å². The lowest BCUT2D eigenvalue weighted by Crippen LogP contribution is -2.44. The zero-order chi connectivity index (χ0) is 35.0. The Labute approximate surface area is 288 Å². The van der Waals surface area contributed by atoms with E-state index in [2.05, 4.69) is 32.5 Å². The minimum absolute atomic E-state index is 0.0392. The van der Waals surface area contributed by atoms with Crippen molar-refractivity contribution in [1.29, 1.82) is 0 Å². The first-order chi connectivity index (χ1) is 23.5. The third kappa shape index (κ3) is 9.48. The largest absolute Gasteiger partial charge is 0.476 e. The number of alkyl halides is 2. The van der Waals surface area contributed by atoms with Gasteiger partial charge in [-0.15, -0.1) is 10.2 Å². The van der Waals surface area contributed by atoms with Crippen LogP contribution in [-0.4, -0.2) is 84.5 Å². The number of rotatable bonds is 13. The van der Waals surface area contributed by atoms with Crippen LogP contribution in [-0.2, 0) is 15.4 Å². The summed E-state index contributed by atoms with van der Waals surface area (Å²) in [7, 11) is 0. The molecule has 2 N–H and O–H groups in total. The van der Waals surface area contributed by atoms with Crippen molar-refractivity contribution in [2.75, 3.05) is 62.8 Å². The molecule has 2 aliphatic heterocycles. The van der Waals surface area contributed by atoms with Gasteiger partial charge in [-0.25, -0.2) is 13.6 Å². The fourth-order valence-corrected chi connectivity index (χ4v) is 6.38. The molecule has 268 valence electrons. The molecule has 2 aliphatic rings. The number of aliphatic hydroxyl groups is 1. The number of halogens is 2. The van der Waals surface area contributed by atoms with Crippen molar-refractivity contribution in [3.05, 3.63) is 53.6 Å². The molecular weight excluding hydrogens is 632 g/mol. The van der Waals surface area contributed by atoms with Crippen LogP contribution in [0.3, 0.4) is 0 Å². The summed E-state index contributed by atoms with van der Waals surface area (Å²) >= 11 is 0. The summed E-state index contributed by atoms with van der Waals surface area (Å²) < 4.78 is 49.0. The number of carbonyl (C=O) groups excluding carboxylic acids is 1. The molecule has 1 atom stereocenters. The second kappa shape index (κ2) is 16.3. The smallest absolute Gasteiger partial charge is 0.410 e. The number of unbranched alkanes of at least 4 members (excludes halogenated alkanes) is 3. The second-order valence-corrected chi connectivity index (χ2v) is 14.0. The summed E-state index contributed by atoms with van der Waals surface area (Å²) in [6.45, 7) is 11.3. The van der Waals surface area contributed by atoms with E-state index in [0.717, 1.165) is 55.2 Å². The van der Waals surface area contributed by atoms with E-state index in [4.69, 9.17) is 19.3 Å². The average Bonchev–Trinajstić information content (AvgIpc) is 3.10. The average molecular weight is 684 g/mol. The lowest BCUT2D eigenvalue weighted by molar-refractivity contribution is -0.0861. The molecule has 0 aliphatic carbocycles. The van der Waals surface area contributed by atoms with E-state index in [9.17, 15) is 4.79 Å². The van der Waals surface area contributed by atoms with Gasteiger partial charge in [0.2, 0.25) is 5.88 Å². The van der Waals surface area contributed by atoms with Gasteiger partial charge in [0.05, 0.1) is 25.9 Å². The molecule has 1 amide bonds. The van der Waals surface area contributed by atoms with E-state index >= 15 is 8.78 Å². The molecule has 0 unspecified atom stereocenters. The van der Waals surface area contributed by atoms with E-state index in [1.165, 1.54) is 11.0 Å². The quantitative estimate of drug-likeness (QED) is 0.179. The highest BCUT2D eigenvalue weighted by Gasteiger charge is 2.43. The lowest BCUT2D eigenvalue weighted by atomic mass is 9.85. The first kappa shape index (κ1) is 36.5. The van der Waals surface area contributed by atoms with E-state index in [1.54, 1.807) is 32.9 Å². The third-order valence-electron chi connectivity index (χ3n) is 9.18. The van der Waals surface area contributed by atoms with Crippen molar-refractivity contribution in [2.45, 2.75) is 83.8 Å². The number of nitrogens with one attached hydrogen (secondary N) is 1. The van der Waals surface area contributed by atoms with Crippen LogP contribution in [0, 0.1) is 5.92 Å². The van der Waals surface area contributed by atoms with Gasteiger partial charge in [0.1, 0.15) is 5.60 Å². The van der Waals surface area contributed by atoms with Gasteiger partial charge in [0.25, 0.3) is 5.92 Å². The number of nitrogens with zero attached hydrogens (tertiary/aromatic N) is 4. The van der Waals surface area contributed by atoms with Crippen molar-refractivity contribution < 1.29 is 32.9 Å². The molecule has 5 rings (SSSR count). The Morgan fingerprint density at radius 3 is 2.45 bits per heavy atom. The van der Waals surface area contributed by atoms with Gasteiger partial charge < -0.3 is 34.4 Å². The number of anilines is 2. The number of fused-ring (bicyclic) bond motifs is 1. The minimum atomic E-state index is -3.06. The fourth-order valence-electron chi connectivity index (χ4n) is 6.38. The van der Waals surface area contributed by atoms with Gasteiger partial charge in [-0.1, -0.05) is 24.6 Å². The van der Waals surface area contributed by atoms with Gasteiger partial charge in [-0.2, -0.15) is 0 Å². The van der Waals surface area contributed by atoms with Crippen molar-refractivity contribution in [3.8, 4) is 5.88 Å². The minimum Gasteiger partial charge on any atom is -0.476 e. The molecule has 1 aromatic heterocycles. The van der Waals surface area contributed by atoms with Crippen LogP contribution in [0.5, 0.6) is 5.88 Å². The molecule has 2 saturated heterocycles. The monoisotopic (exact) mass is 683 g/mol. The number of aromatic nitrogens is 2. The summed E-state index contributed by atoms with van der Waals surface area (Å²) in [5.74, 6) is -2.96. The molecule has 3 aromatic rings. The first-order valence-electron chi connectivity index (χ1n) is 17.6. The van der Waals surface area contributed by atoms with Crippen molar-refractivity contribution in [3.63, 3.8) is 0 Å². The maximum atomic E-state index is 16.0. The van der Waals surface area contributed by atoms with E-state index < -0.39 is 23.5 Å². The Balaban J connectivity index is 1.32. The van der Waals surface area contributed by atoms with Crippen LogP contribution in [0.15, 0.2) is 42.5 Å². The lowest BCUT2D eigenvalue weighted by Gasteiger charge is -2.36. The van der Waals surface area contributed by atoms with Gasteiger partial charge in [0.15, 0.2) is 5.82 Å². The predicted molar refractivity (Wildman–Crippen MR) is 187 cm³/mol. The number of morpholine rings is 1. The van der Waals surface area contributed by atoms with E-state index in [0.29, 0.717) is 37.1 Å². The number of piperidine rings is 1. The molecule has 0 bridgehead atoms. The highest BCUT2D eigenvalue weighted by Crippen LogP contribution is 2.42. The maximum absolute atomic E-state index is 16.0. The first-order valence-corrected chi connectivity index (χ1v) is 17.6. The number of benzene rings is 2. The molecule has 3 heterocycles. The highest BCUT2D eigenvalue weighted by atomic mass is 19.3. The van der Waals surface area contributed by atoms with Crippen LogP contribution < -0.4 is 15.0 Å². The Morgan fingerprint density at radius 2 is 1.73 bits per heavy atom. The molecule has 0 radical (unpaired) electrons. The van der Waals surface area contributed by atoms with Gasteiger partial charge >= 0.3 is 6.09 Å². The summed E-state index contributed by atoms with van der Waals surface area (Å²) in [5, 5.41) is 23.1. The van der Waals surface area contributed by atoms with Crippen molar-refractivity contribution >= 4 is 28.4 Å². The molecule has 2 fully saturated rings. The standard InChI is InChI=1S/C37H51F2N5O5/c1-26(27-10-9-11-29(24-27)37(38,39)28-14-16-44(17-15-28)35(46)49-36(2,3)4)40-33-32-25-30(43-18-22-47-23-19-43)12-13-31(32)34(42-41-33)48-21-8-6-5-7-20-45/h9-13,24-26,28,45H,5-8,14-23H2,1-4H3,(H,40,41)/t26-/m1/s1. The number of hydrogen-bond donors (Lipinski definition) is 2. The Morgan fingerprint density at radius 1 is 1.00 bits per heavy atom. The summed E-state index contributed by atoms with van der Waals surface area (Å²) in [6.07, 6.45) is 3.43. The summed E-state index contributed by atoms with van der Waals surface area (Å²) in [5.41, 5.74) is 1.06. The number of hydrogen-bond acceptors (Lipinski definition) is 9. The van der Waals surface area contributed by atoms with Crippen LogP contribution >= 0.6 is 0 Å². The maximum Gasteiger partial charge on any atom is 0.410 e. The second-order valence-electron chi connectivity index (χ2n) is 14.0. The number of amides is 1. The van der Waals surface area contributed by atoms with Crippen molar-refractivity contribution in [2.24, 2.45) is 5.92 Å². The van der Waals surface area contributed by atoms with Gasteiger partial charge in [0, 0.05) is 60.7 Å². The van der Waals surface area contributed by atoms with Gasteiger partial charge in [-0.05, 0) is 89.6 Å². The molecular formula is C37H51F2N5O5. The summed E-state index contributed by atoms with van der Waals surface area (Å²) in [6, 6.07) is 12.3. The zero-order valence-corrected chi connectivity index (χ0v) is 29.2. The fraction of sp³-hybridized carbons (Fsp3) is 0.595. The third-order valence-corrected chi connectivity index (χ3v) is 9.18. The Hall–Kier alpha value is -3.77. The molecule has 49 heavy (non-hydrogen) atoms. The summed E-state index contributed by atoms with van der Waals surface area (Å²) in [4.78, 5) is 16.3. The highest BCUT2D eigenvalue weighted by molar-refractivity contribution is 5.97. The molecule has 2 aromatic carbocycles. The van der Waals surface area contributed by atoms with E-state index in [-0.39, 0.29) is 44.1 Å². The van der Waals surface area contributed by atoms with Crippen LogP contribution in [0.1, 0.15) is 83.4 Å². The molecule has 0 saturated carbocycles. The number of aliphatic hydroxyl groups excluding tert-OH is 1. The molecule has 0 spiro atoms. The van der Waals surface area contributed by atoms with Gasteiger partial charge in [-0.3, -0.25) is 0 Å². The number of ether oxygens (including phenoxy) is 3. The predicted octanol–water partition coefficient (Wildman–Crippen LogP) is 7.31. The topological polar surface area (TPSA) is 109 Å². The van der Waals surface area contributed by atoms with E-state index in [1.807, 2.05) is 19.1 Å². The molecule has 10 nitrogen and oxygen atoms in total. The Kier molecular flexibility index (Phi) is 12.1. The Bertz CT molecular complexity index is 1540. The van der Waals surface area contributed by atoms with Crippen LogP contribution in [0.4, 0.5) is 25.1 Å². The SMILES string of the molecule is C[C@@H](Nc1nnc(OCCCCCCO)c2ccc(N3CCOCC3)cc12)c1cccc(C(F)(F)C2CCN(C(=O)OC(C)(C)C)CC2)c1. The number of likely N-dealkylation sites (tertiary alicyclic amines) is 1. The molecule has 12 heteroatoms. The van der Waals surface area contributed by atoms with Crippen LogP contribution in [0.2, 0.25) is 0 Å². The zero-order valence-electron chi connectivity index (χ0n) is 29.2. The van der Waals surface area contributed by atoms with Crippen molar-refractivity contribution in [1.82, 2.24) is 15.1 Å². The number of carbonyl (C=O) groups is 1.